The Bertz CT molecular complexity index is 620. The maximum atomic E-state index is 11.7. The third-order valence-electron chi connectivity index (χ3n) is 2.80. The van der Waals surface area contributed by atoms with Gasteiger partial charge in [0, 0.05) is 5.69 Å². The Morgan fingerprint density at radius 1 is 1.23 bits per heavy atom. The molecule has 0 aliphatic rings. The molecule has 0 aliphatic heterocycles. The van der Waals surface area contributed by atoms with Crippen LogP contribution in [0.4, 0.5) is 5.69 Å². The lowest BCUT2D eigenvalue weighted by Crippen LogP contribution is -2.16. The van der Waals surface area contributed by atoms with E-state index in [-0.39, 0.29) is 12.1 Å². The first-order chi connectivity index (χ1) is 10.4. The highest BCUT2D eigenvalue weighted by Gasteiger charge is 2.14. The number of carbonyl (C=O) groups is 3. The van der Waals surface area contributed by atoms with Crippen molar-refractivity contribution < 1.29 is 29.0 Å². The summed E-state index contributed by atoms with van der Waals surface area (Å²) in [5.74, 6) is -2.42. The molecule has 0 unspecified atom stereocenters. The first kappa shape index (κ1) is 17.2. The van der Waals surface area contributed by atoms with Crippen molar-refractivity contribution in [1.82, 2.24) is 0 Å². The maximum absolute atomic E-state index is 11.7. The molecule has 7 heteroatoms. The fourth-order valence-electron chi connectivity index (χ4n) is 1.67. The topological polar surface area (TPSA) is 102 Å². The minimum atomic E-state index is -0.965. The van der Waals surface area contributed by atoms with Crippen LogP contribution in [0.15, 0.2) is 30.0 Å². The highest BCUT2D eigenvalue weighted by molar-refractivity contribution is 5.98. The Morgan fingerprint density at radius 2 is 1.91 bits per heavy atom. The molecule has 7 nitrogen and oxygen atoms in total. The molecule has 1 aromatic rings. The predicted octanol–water partition coefficient (Wildman–Crippen LogP) is 1.26. The van der Waals surface area contributed by atoms with Gasteiger partial charge in [0.25, 0.3) is 0 Å². The number of rotatable bonds is 6. The number of benzene rings is 1. The molecule has 0 saturated heterocycles. The highest BCUT2D eigenvalue weighted by Crippen LogP contribution is 2.19. The monoisotopic (exact) mass is 307 g/mol. The van der Waals surface area contributed by atoms with E-state index in [1.165, 1.54) is 14.2 Å². The fraction of sp³-hybridized carbons (Fsp3) is 0.267. The lowest BCUT2D eigenvalue weighted by Gasteiger charge is -2.12. The van der Waals surface area contributed by atoms with Gasteiger partial charge in [-0.15, -0.1) is 0 Å². The summed E-state index contributed by atoms with van der Waals surface area (Å²) in [6.07, 6.45) is 0.818. The molecule has 0 saturated carbocycles. The van der Waals surface area contributed by atoms with Gasteiger partial charge in [-0.2, -0.15) is 0 Å². The number of methoxy groups -OCH3 is 2. The Kier molecular flexibility index (Phi) is 6.12. The Morgan fingerprint density at radius 3 is 2.45 bits per heavy atom. The van der Waals surface area contributed by atoms with E-state index in [4.69, 9.17) is 5.11 Å². The second-order valence-electron chi connectivity index (χ2n) is 4.42. The molecular weight excluding hydrogens is 290 g/mol. The molecule has 1 aromatic carbocycles. The van der Waals surface area contributed by atoms with E-state index in [1.54, 1.807) is 25.1 Å². The quantitative estimate of drug-likeness (QED) is 0.602. The number of esters is 2. The number of ether oxygens (including phenoxy) is 2. The largest absolute Gasteiger partial charge is 0.481 e. The first-order valence-corrected chi connectivity index (χ1v) is 6.33. The minimum Gasteiger partial charge on any atom is -0.481 e. The first-order valence-electron chi connectivity index (χ1n) is 6.33. The molecule has 0 radical (unpaired) electrons. The summed E-state index contributed by atoms with van der Waals surface area (Å²) in [6, 6.07) is 4.99. The van der Waals surface area contributed by atoms with Crippen molar-refractivity contribution in [2.24, 2.45) is 0 Å². The van der Waals surface area contributed by atoms with Crippen molar-refractivity contribution >= 4 is 23.6 Å². The predicted molar refractivity (Wildman–Crippen MR) is 78.3 cm³/mol. The van der Waals surface area contributed by atoms with Gasteiger partial charge in [0.15, 0.2) is 0 Å². The summed E-state index contributed by atoms with van der Waals surface area (Å²) in [5.41, 5.74) is 1.72. The molecule has 0 fully saturated rings. The molecule has 2 N–H and O–H groups in total. The zero-order valence-corrected chi connectivity index (χ0v) is 12.5. The van der Waals surface area contributed by atoms with Crippen LogP contribution in [-0.2, 0) is 30.3 Å². The van der Waals surface area contributed by atoms with Crippen LogP contribution >= 0.6 is 0 Å². The van der Waals surface area contributed by atoms with Gasteiger partial charge >= 0.3 is 17.9 Å². The van der Waals surface area contributed by atoms with Crippen molar-refractivity contribution in [2.75, 3.05) is 19.5 Å². The molecule has 0 aliphatic carbocycles. The number of anilines is 1. The van der Waals surface area contributed by atoms with Crippen LogP contribution in [0, 0.1) is 6.92 Å². The molecular formula is C15H17NO6. The standard InChI is InChI=1S/C15H17NO6/c1-9-4-5-10(7-13(17)18)6-11(9)16-12(15(20)22-3)8-14(19)21-2/h4-6,8,16H,7H2,1-3H3,(H,17,18)/b12-8+. The van der Waals surface area contributed by atoms with E-state index in [1.807, 2.05) is 0 Å². The second kappa shape index (κ2) is 7.82. The van der Waals surface area contributed by atoms with E-state index < -0.39 is 17.9 Å². The van der Waals surface area contributed by atoms with Crippen LogP contribution in [0.2, 0.25) is 0 Å². The van der Waals surface area contributed by atoms with Crippen molar-refractivity contribution in [3.05, 3.63) is 41.1 Å². The van der Waals surface area contributed by atoms with E-state index >= 15 is 0 Å². The molecule has 118 valence electrons. The van der Waals surface area contributed by atoms with Gasteiger partial charge in [-0.1, -0.05) is 12.1 Å². The lowest BCUT2D eigenvalue weighted by atomic mass is 10.1. The normalized spacial score (nSPS) is 10.8. The van der Waals surface area contributed by atoms with E-state index in [9.17, 15) is 14.4 Å². The molecule has 0 heterocycles. The van der Waals surface area contributed by atoms with E-state index in [0.29, 0.717) is 11.3 Å². The average molecular weight is 307 g/mol. The molecule has 0 bridgehead atoms. The third kappa shape index (κ3) is 4.93. The van der Waals surface area contributed by atoms with Crippen molar-refractivity contribution in [2.45, 2.75) is 13.3 Å². The number of aryl methyl sites for hydroxylation is 1. The van der Waals surface area contributed by atoms with Gasteiger partial charge in [0.1, 0.15) is 5.70 Å². The SMILES string of the molecule is COC(=O)/C=C(/Nc1cc(CC(=O)O)ccc1C)C(=O)OC. The Balaban J connectivity index is 3.12. The number of hydrogen-bond acceptors (Lipinski definition) is 6. The minimum absolute atomic E-state index is 0.107. The summed E-state index contributed by atoms with van der Waals surface area (Å²) < 4.78 is 9.07. The van der Waals surface area contributed by atoms with Crippen LogP contribution in [-0.4, -0.2) is 37.2 Å². The van der Waals surface area contributed by atoms with Gasteiger partial charge in [0.05, 0.1) is 26.7 Å². The summed E-state index contributed by atoms with van der Waals surface area (Å²) in [5, 5.41) is 11.6. The fourth-order valence-corrected chi connectivity index (χ4v) is 1.67. The summed E-state index contributed by atoms with van der Waals surface area (Å²) in [7, 11) is 2.37. The smallest absolute Gasteiger partial charge is 0.354 e. The number of carboxylic acid groups (broad SMARTS) is 1. The van der Waals surface area contributed by atoms with Crippen LogP contribution in [0.1, 0.15) is 11.1 Å². The molecule has 1 rings (SSSR count). The number of carbonyl (C=O) groups excluding carboxylic acids is 2. The number of nitrogens with one attached hydrogen (secondary N) is 1. The van der Waals surface area contributed by atoms with Gasteiger partial charge in [-0.25, -0.2) is 9.59 Å². The van der Waals surface area contributed by atoms with Crippen molar-refractivity contribution in [1.29, 1.82) is 0 Å². The zero-order valence-electron chi connectivity index (χ0n) is 12.5. The molecule has 0 amide bonds. The van der Waals surface area contributed by atoms with Gasteiger partial charge in [-0.3, -0.25) is 4.79 Å². The van der Waals surface area contributed by atoms with Crippen molar-refractivity contribution in [3.8, 4) is 0 Å². The second-order valence-corrected chi connectivity index (χ2v) is 4.42. The van der Waals surface area contributed by atoms with Crippen LogP contribution in [0.3, 0.4) is 0 Å². The molecule has 0 atom stereocenters. The number of hydrogen-bond donors (Lipinski definition) is 2. The Hall–Kier alpha value is -2.83. The zero-order chi connectivity index (χ0) is 16.7. The summed E-state index contributed by atoms with van der Waals surface area (Å²) in [6.45, 7) is 1.78. The highest BCUT2D eigenvalue weighted by atomic mass is 16.5. The van der Waals surface area contributed by atoms with E-state index in [2.05, 4.69) is 14.8 Å². The summed E-state index contributed by atoms with van der Waals surface area (Å²) in [4.78, 5) is 33.8. The molecule has 0 aromatic heterocycles. The average Bonchev–Trinajstić information content (AvgIpc) is 2.48. The van der Waals surface area contributed by atoms with Gasteiger partial charge < -0.3 is 19.9 Å². The lowest BCUT2D eigenvalue weighted by molar-refractivity contribution is -0.138. The molecule has 0 spiro atoms. The third-order valence-corrected chi connectivity index (χ3v) is 2.80. The maximum Gasteiger partial charge on any atom is 0.354 e. The van der Waals surface area contributed by atoms with Gasteiger partial charge in [0.2, 0.25) is 0 Å². The Labute approximate surface area is 127 Å². The number of aliphatic carboxylic acids is 1. The summed E-state index contributed by atoms with van der Waals surface area (Å²) >= 11 is 0. The van der Waals surface area contributed by atoms with Crippen LogP contribution < -0.4 is 5.32 Å². The molecule has 22 heavy (non-hydrogen) atoms. The van der Waals surface area contributed by atoms with E-state index in [0.717, 1.165) is 11.6 Å². The van der Waals surface area contributed by atoms with Crippen LogP contribution in [0.5, 0.6) is 0 Å². The van der Waals surface area contributed by atoms with Crippen molar-refractivity contribution in [3.63, 3.8) is 0 Å². The van der Waals surface area contributed by atoms with Gasteiger partial charge in [-0.05, 0) is 24.1 Å². The van der Waals surface area contributed by atoms with Crippen LogP contribution in [0.25, 0.3) is 0 Å². The number of carboxylic acids is 1.